The molecule has 1 fully saturated rings. The zero-order valence-electron chi connectivity index (χ0n) is 22.2. The van der Waals surface area contributed by atoms with Crippen LogP contribution in [-0.2, 0) is 11.3 Å². The monoisotopic (exact) mass is 529 g/mol. The van der Waals surface area contributed by atoms with Crippen molar-refractivity contribution >= 4 is 17.0 Å². The number of hydrogen-bond acceptors (Lipinski definition) is 8. The van der Waals surface area contributed by atoms with Crippen LogP contribution in [0.15, 0.2) is 48.5 Å². The number of para-hydroxylation sites is 2. The third-order valence-electron chi connectivity index (χ3n) is 7.68. The lowest BCUT2D eigenvalue weighted by Crippen LogP contribution is -2.50. The van der Waals surface area contributed by atoms with Crippen molar-refractivity contribution in [2.75, 3.05) is 51.3 Å². The highest BCUT2D eigenvalue weighted by molar-refractivity contribution is 5.78. The average Bonchev–Trinajstić information content (AvgIpc) is 3.45. The number of likely N-dealkylation sites (N-methyl/N-ethyl adjacent to an activating group) is 1. The highest BCUT2D eigenvalue weighted by atomic mass is 16.6. The SMILES string of the molecule is CC[N+](CC)(CCO)CCCOc1cccc(CNc2nc3ccccc3n2[C@@H]2O[C@H](CO)[C@@H](O)[C@H]2O)c1. The van der Waals surface area contributed by atoms with Gasteiger partial charge in [0.15, 0.2) is 6.23 Å². The van der Waals surface area contributed by atoms with E-state index in [2.05, 4.69) is 24.1 Å². The predicted molar refractivity (Wildman–Crippen MR) is 145 cm³/mol. The van der Waals surface area contributed by atoms with E-state index in [-0.39, 0.29) is 6.61 Å². The molecule has 2 aromatic carbocycles. The molecule has 1 aliphatic rings. The lowest BCUT2D eigenvalue weighted by atomic mass is 10.1. The fraction of sp³-hybridized carbons (Fsp3) is 0.536. The number of fused-ring (bicyclic) bond motifs is 1. The number of aromatic nitrogens is 2. The Labute approximate surface area is 223 Å². The smallest absolute Gasteiger partial charge is 0.206 e. The van der Waals surface area contributed by atoms with Crippen LogP contribution in [-0.4, -0.2) is 98.8 Å². The van der Waals surface area contributed by atoms with Crippen LogP contribution >= 0.6 is 0 Å². The largest absolute Gasteiger partial charge is 0.493 e. The number of benzene rings is 2. The van der Waals surface area contributed by atoms with Gasteiger partial charge in [-0.25, -0.2) is 4.98 Å². The summed E-state index contributed by atoms with van der Waals surface area (Å²) >= 11 is 0. The lowest BCUT2D eigenvalue weighted by molar-refractivity contribution is -0.925. The molecule has 0 aliphatic carbocycles. The fourth-order valence-electron chi connectivity index (χ4n) is 5.22. The Bertz CT molecular complexity index is 1170. The van der Waals surface area contributed by atoms with Crippen molar-refractivity contribution in [1.82, 2.24) is 9.55 Å². The molecule has 0 bridgehead atoms. The number of nitrogens with zero attached hydrogens (tertiary/aromatic N) is 3. The van der Waals surface area contributed by atoms with E-state index in [0.29, 0.717) is 19.1 Å². The highest BCUT2D eigenvalue weighted by Gasteiger charge is 2.44. The van der Waals surface area contributed by atoms with Crippen LogP contribution in [0.5, 0.6) is 5.75 Å². The van der Waals surface area contributed by atoms with E-state index >= 15 is 0 Å². The van der Waals surface area contributed by atoms with Gasteiger partial charge in [0.1, 0.15) is 30.6 Å². The molecular formula is C28H41N4O6+. The Balaban J connectivity index is 1.42. The Morgan fingerprint density at radius 2 is 1.82 bits per heavy atom. The van der Waals surface area contributed by atoms with Crippen molar-refractivity contribution in [2.24, 2.45) is 0 Å². The van der Waals surface area contributed by atoms with Gasteiger partial charge in [-0.1, -0.05) is 24.3 Å². The fourth-order valence-corrected chi connectivity index (χ4v) is 5.22. The third-order valence-corrected chi connectivity index (χ3v) is 7.68. The number of anilines is 1. The van der Waals surface area contributed by atoms with Crippen molar-refractivity contribution in [3.8, 4) is 5.75 Å². The van der Waals surface area contributed by atoms with Gasteiger partial charge in [0, 0.05) is 13.0 Å². The number of aliphatic hydroxyl groups excluding tert-OH is 4. The molecule has 208 valence electrons. The van der Waals surface area contributed by atoms with E-state index in [1.54, 1.807) is 4.57 Å². The van der Waals surface area contributed by atoms with Crippen molar-refractivity contribution < 1.29 is 34.4 Å². The van der Waals surface area contributed by atoms with Crippen LogP contribution in [0.1, 0.15) is 32.1 Å². The average molecular weight is 530 g/mol. The topological polar surface area (TPSA) is 129 Å². The number of aliphatic hydroxyl groups is 4. The quantitative estimate of drug-likeness (QED) is 0.158. The van der Waals surface area contributed by atoms with Crippen LogP contribution in [0.4, 0.5) is 5.95 Å². The van der Waals surface area contributed by atoms with Crippen LogP contribution in [0.3, 0.4) is 0 Å². The summed E-state index contributed by atoms with van der Waals surface area (Å²) in [6, 6.07) is 15.4. The molecule has 1 aromatic heterocycles. The van der Waals surface area contributed by atoms with E-state index in [1.165, 1.54) is 0 Å². The summed E-state index contributed by atoms with van der Waals surface area (Å²) in [7, 11) is 0. The molecule has 4 atom stereocenters. The van der Waals surface area contributed by atoms with Gasteiger partial charge in [-0.15, -0.1) is 0 Å². The zero-order valence-corrected chi connectivity index (χ0v) is 22.2. The molecule has 1 aliphatic heterocycles. The summed E-state index contributed by atoms with van der Waals surface area (Å²) in [5.74, 6) is 1.28. The van der Waals surface area contributed by atoms with Gasteiger partial charge in [0.25, 0.3) is 0 Å². The Morgan fingerprint density at radius 1 is 1.03 bits per heavy atom. The normalized spacial score (nSPS) is 21.7. The Morgan fingerprint density at radius 3 is 2.53 bits per heavy atom. The van der Waals surface area contributed by atoms with E-state index < -0.39 is 31.1 Å². The molecule has 0 unspecified atom stereocenters. The minimum Gasteiger partial charge on any atom is -0.493 e. The number of ether oxygens (including phenoxy) is 2. The first-order valence-corrected chi connectivity index (χ1v) is 13.5. The molecule has 1 saturated heterocycles. The molecule has 5 N–H and O–H groups in total. The van der Waals surface area contributed by atoms with E-state index in [0.717, 1.165) is 59.4 Å². The summed E-state index contributed by atoms with van der Waals surface area (Å²) in [5, 5.41) is 43.3. The van der Waals surface area contributed by atoms with E-state index in [1.807, 2.05) is 48.5 Å². The number of quaternary nitrogens is 1. The second kappa shape index (κ2) is 12.9. The molecule has 4 rings (SSSR count). The maximum Gasteiger partial charge on any atom is 0.206 e. The molecular weight excluding hydrogens is 488 g/mol. The van der Waals surface area contributed by atoms with Crippen molar-refractivity contribution in [1.29, 1.82) is 0 Å². The predicted octanol–water partition coefficient (Wildman–Crippen LogP) is 1.88. The van der Waals surface area contributed by atoms with E-state index in [9.17, 15) is 20.4 Å². The van der Waals surface area contributed by atoms with Gasteiger partial charge in [0.05, 0.1) is 50.5 Å². The molecule has 0 saturated carbocycles. The first kappa shape index (κ1) is 28.3. The molecule has 0 spiro atoms. The molecule has 0 radical (unpaired) electrons. The standard InChI is InChI=1S/C28H41N4O6/c1-3-32(4-2,14-15-33)13-8-16-37-21-10-7-9-20(17-21)18-29-28-30-22-11-5-6-12-23(22)31(28)27-26(36)25(35)24(19-34)38-27/h5-7,9-12,17,24-27,33-36H,3-4,8,13-16,18-19H2,1-2H3,(H,29,30)/q+1/t24-,25-,26-,27-/m1/s1. The first-order valence-electron chi connectivity index (χ1n) is 13.5. The second-order valence-corrected chi connectivity index (χ2v) is 9.87. The summed E-state index contributed by atoms with van der Waals surface area (Å²) in [6.45, 7) is 8.90. The highest BCUT2D eigenvalue weighted by Crippen LogP contribution is 2.35. The molecule has 10 heteroatoms. The number of rotatable bonds is 14. The second-order valence-electron chi connectivity index (χ2n) is 9.87. The summed E-state index contributed by atoms with van der Waals surface area (Å²) in [5.41, 5.74) is 2.46. The minimum atomic E-state index is -1.21. The van der Waals surface area contributed by atoms with Crippen LogP contribution in [0, 0.1) is 0 Å². The molecule has 0 amide bonds. The van der Waals surface area contributed by atoms with Gasteiger partial charge in [-0.3, -0.25) is 4.57 Å². The number of nitrogens with one attached hydrogen (secondary N) is 1. The molecule has 3 aromatic rings. The first-order chi connectivity index (χ1) is 18.4. The van der Waals surface area contributed by atoms with Crippen molar-refractivity contribution in [3.63, 3.8) is 0 Å². The van der Waals surface area contributed by atoms with Crippen LogP contribution in [0.25, 0.3) is 11.0 Å². The minimum absolute atomic E-state index is 0.194. The van der Waals surface area contributed by atoms with Crippen molar-refractivity contribution in [2.45, 2.75) is 51.4 Å². The van der Waals surface area contributed by atoms with Gasteiger partial charge in [-0.05, 0) is 43.7 Å². The van der Waals surface area contributed by atoms with Crippen LogP contribution < -0.4 is 10.1 Å². The van der Waals surface area contributed by atoms with Gasteiger partial charge in [0.2, 0.25) is 5.95 Å². The van der Waals surface area contributed by atoms with E-state index in [4.69, 9.17) is 9.47 Å². The van der Waals surface area contributed by atoms with Crippen molar-refractivity contribution in [3.05, 3.63) is 54.1 Å². The Hall–Kier alpha value is -2.73. The maximum absolute atomic E-state index is 10.7. The molecule has 10 nitrogen and oxygen atoms in total. The van der Waals surface area contributed by atoms with Crippen LogP contribution in [0.2, 0.25) is 0 Å². The number of imidazole rings is 1. The summed E-state index contributed by atoms with van der Waals surface area (Å²) in [6.07, 6.45) is -3.28. The lowest BCUT2D eigenvalue weighted by Gasteiger charge is -2.36. The van der Waals surface area contributed by atoms with Gasteiger partial charge >= 0.3 is 0 Å². The van der Waals surface area contributed by atoms with Gasteiger partial charge in [-0.2, -0.15) is 0 Å². The zero-order chi connectivity index (χ0) is 27.1. The number of hydrogen-bond donors (Lipinski definition) is 5. The molecule has 2 heterocycles. The maximum atomic E-state index is 10.7. The molecule has 38 heavy (non-hydrogen) atoms. The summed E-state index contributed by atoms with van der Waals surface area (Å²) < 4.78 is 14.5. The third kappa shape index (κ3) is 6.12. The Kier molecular flexibility index (Phi) is 9.59. The van der Waals surface area contributed by atoms with Gasteiger partial charge < -0.3 is 39.7 Å². The summed E-state index contributed by atoms with van der Waals surface area (Å²) in [4.78, 5) is 4.69.